The Morgan fingerprint density at radius 1 is 1.20 bits per heavy atom. The molecule has 1 aromatic carbocycles. The molecule has 0 atom stereocenters. The molecule has 0 radical (unpaired) electrons. The summed E-state index contributed by atoms with van der Waals surface area (Å²) in [5, 5.41) is 0. The SMILES string of the molecule is Cc1cccc(S)c1C.[Zn]. The van der Waals surface area contributed by atoms with E-state index >= 15 is 0 Å². The summed E-state index contributed by atoms with van der Waals surface area (Å²) in [7, 11) is 0. The van der Waals surface area contributed by atoms with Crippen molar-refractivity contribution in [2.45, 2.75) is 18.7 Å². The third kappa shape index (κ3) is 2.10. The van der Waals surface area contributed by atoms with Crippen molar-refractivity contribution >= 4 is 12.6 Å². The standard InChI is InChI=1S/C8H10S.Zn/c1-6-4-3-5-8(9)7(6)2;/h3-5,9H,1-2H3;. The molecule has 0 heterocycles. The van der Waals surface area contributed by atoms with Gasteiger partial charge in [-0.1, -0.05) is 12.1 Å². The van der Waals surface area contributed by atoms with E-state index in [4.69, 9.17) is 0 Å². The number of rotatable bonds is 0. The Labute approximate surface area is 80.2 Å². The summed E-state index contributed by atoms with van der Waals surface area (Å²) in [5.74, 6) is 0. The van der Waals surface area contributed by atoms with E-state index in [2.05, 4.69) is 32.5 Å². The van der Waals surface area contributed by atoms with Crippen LogP contribution in [0, 0.1) is 13.8 Å². The Hall–Kier alpha value is 0.193. The average molecular weight is 204 g/mol. The summed E-state index contributed by atoms with van der Waals surface area (Å²) < 4.78 is 0. The fourth-order valence-electron chi connectivity index (χ4n) is 0.736. The van der Waals surface area contributed by atoms with E-state index in [1.165, 1.54) is 11.1 Å². The normalized spacial score (nSPS) is 8.70. The number of hydrogen-bond acceptors (Lipinski definition) is 1. The van der Waals surface area contributed by atoms with Crippen molar-refractivity contribution in [3.05, 3.63) is 29.3 Å². The largest absolute Gasteiger partial charge is 0.143 e. The Balaban J connectivity index is 0.000000810. The first kappa shape index (κ1) is 10.2. The molecule has 0 unspecified atom stereocenters. The number of benzene rings is 1. The smallest absolute Gasteiger partial charge is 0.00718 e. The van der Waals surface area contributed by atoms with Crippen LogP contribution < -0.4 is 0 Å². The van der Waals surface area contributed by atoms with Crippen molar-refractivity contribution in [2.24, 2.45) is 0 Å². The molecule has 0 amide bonds. The van der Waals surface area contributed by atoms with Gasteiger partial charge >= 0.3 is 0 Å². The van der Waals surface area contributed by atoms with Gasteiger partial charge in [-0.25, -0.2) is 0 Å². The van der Waals surface area contributed by atoms with Gasteiger partial charge in [0.15, 0.2) is 0 Å². The van der Waals surface area contributed by atoms with Crippen molar-refractivity contribution in [2.75, 3.05) is 0 Å². The van der Waals surface area contributed by atoms with Crippen LogP contribution in [0.2, 0.25) is 0 Å². The minimum absolute atomic E-state index is 0. The first-order valence-electron chi connectivity index (χ1n) is 2.97. The topological polar surface area (TPSA) is 0 Å². The fraction of sp³-hybridized carbons (Fsp3) is 0.250. The molecule has 0 aromatic heterocycles. The Morgan fingerprint density at radius 2 is 1.80 bits per heavy atom. The molecule has 0 saturated carbocycles. The zero-order valence-electron chi connectivity index (χ0n) is 6.39. The van der Waals surface area contributed by atoms with Crippen molar-refractivity contribution in [1.29, 1.82) is 0 Å². The van der Waals surface area contributed by atoms with Gasteiger partial charge in [-0.15, -0.1) is 12.6 Å². The van der Waals surface area contributed by atoms with Crippen LogP contribution >= 0.6 is 12.6 Å². The second-order valence-electron chi connectivity index (χ2n) is 2.22. The first-order valence-corrected chi connectivity index (χ1v) is 3.41. The molecule has 1 aromatic rings. The molecule has 2 heteroatoms. The van der Waals surface area contributed by atoms with Crippen molar-refractivity contribution in [3.8, 4) is 0 Å². The molecule has 10 heavy (non-hydrogen) atoms. The van der Waals surface area contributed by atoms with Gasteiger partial charge in [-0.2, -0.15) is 0 Å². The maximum Gasteiger partial charge on any atom is 0.00718 e. The quantitative estimate of drug-likeness (QED) is 0.486. The molecule has 0 aliphatic heterocycles. The van der Waals surface area contributed by atoms with Crippen LogP contribution in [0.25, 0.3) is 0 Å². The average Bonchev–Trinajstić information content (AvgIpc) is 1.83. The second-order valence-corrected chi connectivity index (χ2v) is 2.70. The number of aryl methyl sites for hydroxylation is 1. The Kier molecular flexibility index (Phi) is 4.23. The molecule has 0 N–H and O–H groups in total. The molecule has 0 bridgehead atoms. The molecule has 0 fully saturated rings. The van der Waals surface area contributed by atoms with Crippen molar-refractivity contribution < 1.29 is 19.5 Å². The van der Waals surface area contributed by atoms with Gasteiger partial charge in [0.1, 0.15) is 0 Å². The van der Waals surface area contributed by atoms with Crippen molar-refractivity contribution in [1.82, 2.24) is 0 Å². The van der Waals surface area contributed by atoms with E-state index in [1.54, 1.807) is 0 Å². The monoisotopic (exact) mass is 202 g/mol. The van der Waals surface area contributed by atoms with Gasteiger partial charge in [0, 0.05) is 24.4 Å². The van der Waals surface area contributed by atoms with Crippen LogP contribution in [-0.2, 0) is 19.5 Å². The summed E-state index contributed by atoms with van der Waals surface area (Å²) in [5.41, 5.74) is 2.59. The van der Waals surface area contributed by atoms with Gasteiger partial charge in [0.25, 0.3) is 0 Å². The molecular weight excluding hydrogens is 194 g/mol. The Bertz CT molecular complexity index is 200. The molecule has 1 rings (SSSR count). The predicted molar refractivity (Wildman–Crippen MR) is 43.2 cm³/mol. The third-order valence-corrected chi connectivity index (χ3v) is 2.06. The summed E-state index contributed by atoms with van der Waals surface area (Å²) in [6, 6.07) is 6.12. The number of hydrogen-bond donors (Lipinski definition) is 1. The van der Waals surface area contributed by atoms with Gasteiger partial charge in [0.05, 0.1) is 0 Å². The van der Waals surface area contributed by atoms with E-state index in [-0.39, 0.29) is 19.5 Å². The third-order valence-electron chi connectivity index (χ3n) is 1.58. The van der Waals surface area contributed by atoms with E-state index in [0.29, 0.717) is 0 Å². The van der Waals surface area contributed by atoms with E-state index < -0.39 is 0 Å². The van der Waals surface area contributed by atoms with Crippen molar-refractivity contribution in [3.63, 3.8) is 0 Å². The maximum atomic E-state index is 4.27. The number of thiol groups is 1. The van der Waals surface area contributed by atoms with Crippen LogP contribution in [0.15, 0.2) is 23.1 Å². The molecule has 0 aliphatic rings. The van der Waals surface area contributed by atoms with Crippen LogP contribution in [-0.4, -0.2) is 0 Å². The molecular formula is C8H10SZn. The van der Waals surface area contributed by atoms with Crippen LogP contribution in [0.4, 0.5) is 0 Å². The van der Waals surface area contributed by atoms with Gasteiger partial charge < -0.3 is 0 Å². The zero-order valence-corrected chi connectivity index (χ0v) is 10.2. The predicted octanol–water partition coefficient (Wildman–Crippen LogP) is 2.59. The minimum atomic E-state index is 0. The zero-order chi connectivity index (χ0) is 6.85. The van der Waals surface area contributed by atoms with E-state index in [9.17, 15) is 0 Å². The molecule has 0 spiro atoms. The van der Waals surface area contributed by atoms with Crippen LogP contribution in [0.1, 0.15) is 11.1 Å². The molecule has 0 aliphatic carbocycles. The molecule has 0 saturated heterocycles. The summed E-state index contributed by atoms with van der Waals surface area (Å²) in [6.45, 7) is 4.17. The summed E-state index contributed by atoms with van der Waals surface area (Å²) in [6.07, 6.45) is 0. The Morgan fingerprint density at radius 3 is 2.20 bits per heavy atom. The van der Waals surface area contributed by atoms with Crippen LogP contribution in [0.3, 0.4) is 0 Å². The summed E-state index contributed by atoms with van der Waals surface area (Å²) in [4.78, 5) is 1.08. The van der Waals surface area contributed by atoms with Gasteiger partial charge in [-0.3, -0.25) is 0 Å². The van der Waals surface area contributed by atoms with Crippen LogP contribution in [0.5, 0.6) is 0 Å². The first-order chi connectivity index (χ1) is 4.22. The van der Waals surface area contributed by atoms with Gasteiger partial charge in [0.2, 0.25) is 0 Å². The second kappa shape index (κ2) is 4.15. The van der Waals surface area contributed by atoms with Gasteiger partial charge in [-0.05, 0) is 31.0 Å². The van der Waals surface area contributed by atoms with E-state index in [1.807, 2.05) is 12.1 Å². The van der Waals surface area contributed by atoms with E-state index in [0.717, 1.165) is 4.90 Å². The summed E-state index contributed by atoms with van der Waals surface area (Å²) >= 11 is 4.27. The molecule has 50 valence electrons. The fourth-order valence-corrected chi connectivity index (χ4v) is 0.998. The molecule has 0 nitrogen and oxygen atoms in total. The maximum absolute atomic E-state index is 4.27. The minimum Gasteiger partial charge on any atom is -0.143 e.